The number of benzene rings is 2. The number of halogens is 1. The Hall–Kier alpha value is -2.18. The molecule has 160 valence electrons. The highest BCUT2D eigenvalue weighted by Gasteiger charge is 2.54. The smallest absolute Gasteiger partial charge is 0.354 e. The van der Waals surface area contributed by atoms with Gasteiger partial charge in [-0.05, 0) is 40.7 Å². The Morgan fingerprint density at radius 1 is 1.20 bits per heavy atom. The standard InChI is InChI=1S/C24H28BrNO4/c1-5-20-14-24(22(27)28,30-26-20)21(17-8-12-19(25)13-9-17)29-15-16-6-10-18(11-7-16)23(2,3)4/h6-13,21H,5,14-15H2,1-4H3,(H,27,28). The molecule has 6 heteroatoms. The number of rotatable bonds is 7. The lowest BCUT2D eigenvalue weighted by molar-refractivity contribution is -0.187. The highest BCUT2D eigenvalue weighted by molar-refractivity contribution is 9.10. The number of carbonyl (C=O) groups is 1. The molecular formula is C24H28BrNO4. The van der Waals surface area contributed by atoms with E-state index in [0.717, 1.165) is 21.3 Å². The molecule has 1 aliphatic rings. The maximum atomic E-state index is 12.3. The molecule has 30 heavy (non-hydrogen) atoms. The fourth-order valence-electron chi connectivity index (χ4n) is 3.49. The van der Waals surface area contributed by atoms with Gasteiger partial charge >= 0.3 is 5.97 Å². The van der Waals surface area contributed by atoms with E-state index in [2.05, 4.69) is 54.0 Å². The van der Waals surface area contributed by atoms with E-state index in [9.17, 15) is 9.90 Å². The summed E-state index contributed by atoms with van der Waals surface area (Å²) in [6.45, 7) is 8.71. The molecule has 0 spiro atoms. The molecule has 0 amide bonds. The molecule has 5 nitrogen and oxygen atoms in total. The number of hydrogen-bond donors (Lipinski definition) is 1. The summed E-state index contributed by atoms with van der Waals surface area (Å²) in [5.74, 6) is -1.08. The minimum absolute atomic E-state index is 0.0678. The zero-order valence-corrected chi connectivity index (χ0v) is 19.4. The van der Waals surface area contributed by atoms with Crippen LogP contribution in [0.5, 0.6) is 0 Å². The van der Waals surface area contributed by atoms with Gasteiger partial charge in [0, 0.05) is 10.9 Å². The average molecular weight is 474 g/mol. The first-order valence-electron chi connectivity index (χ1n) is 10.1. The van der Waals surface area contributed by atoms with Crippen molar-refractivity contribution in [1.82, 2.24) is 0 Å². The van der Waals surface area contributed by atoms with Crippen molar-refractivity contribution in [1.29, 1.82) is 0 Å². The Bertz CT molecular complexity index is 916. The zero-order chi connectivity index (χ0) is 21.9. The van der Waals surface area contributed by atoms with Crippen LogP contribution in [0, 0.1) is 0 Å². The van der Waals surface area contributed by atoms with E-state index in [4.69, 9.17) is 9.57 Å². The summed E-state index contributed by atoms with van der Waals surface area (Å²) >= 11 is 3.43. The number of hydrogen-bond acceptors (Lipinski definition) is 4. The Balaban J connectivity index is 1.89. The van der Waals surface area contributed by atoms with E-state index in [1.807, 2.05) is 43.3 Å². The number of carboxylic acids is 1. The lowest BCUT2D eigenvalue weighted by Crippen LogP contribution is -2.46. The summed E-state index contributed by atoms with van der Waals surface area (Å²) in [6.07, 6.45) is 0.0250. The summed E-state index contributed by atoms with van der Waals surface area (Å²) in [5.41, 5.74) is 2.15. The van der Waals surface area contributed by atoms with Gasteiger partial charge in [0.1, 0.15) is 6.10 Å². The maximum Gasteiger partial charge on any atom is 0.354 e. The first-order chi connectivity index (χ1) is 14.2. The van der Waals surface area contributed by atoms with Crippen LogP contribution in [0.2, 0.25) is 0 Å². The fourth-order valence-corrected chi connectivity index (χ4v) is 3.75. The summed E-state index contributed by atoms with van der Waals surface area (Å²) in [6, 6.07) is 15.7. The number of ether oxygens (including phenoxy) is 1. The molecular weight excluding hydrogens is 446 g/mol. The van der Waals surface area contributed by atoms with Crippen molar-refractivity contribution in [3.8, 4) is 0 Å². The lowest BCUT2D eigenvalue weighted by Gasteiger charge is -2.31. The number of carboxylic acid groups (broad SMARTS) is 1. The van der Waals surface area contributed by atoms with Gasteiger partial charge in [-0.1, -0.05) is 85.2 Å². The van der Waals surface area contributed by atoms with Crippen LogP contribution in [-0.4, -0.2) is 22.4 Å². The highest BCUT2D eigenvalue weighted by atomic mass is 79.9. The Morgan fingerprint density at radius 3 is 2.33 bits per heavy atom. The number of aliphatic carboxylic acids is 1. The van der Waals surface area contributed by atoms with Crippen molar-refractivity contribution in [2.24, 2.45) is 5.16 Å². The Labute approximate surface area is 186 Å². The van der Waals surface area contributed by atoms with Crippen LogP contribution in [0.15, 0.2) is 58.2 Å². The van der Waals surface area contributed by atoms with E-state index in [1.165, 1.54) is 5.56 Å². The van der Waals surface area contributed by atoms with Gasteiger partial charge in [0.2, 0.25) is 0 Å². The van der Waals surface area contributed by atoms with Gasteiger partial charge in [-0.3, -0.25) is 0 Å². The molecule has 0 bridgehead atoms. The molecule has 0 saturated carbocycles. The van der Waals surface area contributed by atoms with Gasteiger partial charge < -0.3 is 14.7 Å². The quantitative estimate of drug-likeness (QED) is 0.533. The van der Waals surface area contributed by atoms with Gasteiger partial charge in [0.05, 0.1) is 12.3 Å². The minimum atomic E-state index is -1.58. The van der Waals surface area contributed by atoms with Crippen LogP contribution in [0.25, 0.3) is 0 Å². The predicted molar refractivity (Wildman–Crippen MR) is 121 cm³/mol. The average Bonchev–Trinajstić information content (AvgIpc) is 3.15. The number of nitrogens with zero attached hydrogens (tertiary/aromatic N) is 1. The second-order valence-corrected chi connectivity index (χ2v) is 9.58. The Morgan fingerprint density at radius 2 is 1.83 bits per heavy atom. The van der Waals surface area contributed by atoms with Crippen molar-refractivity contribution in [2.75, 3.05) is 0 Å². The lowest BCUT2D eigenvalue weighted by atomic mass is 9.86. The number of oxime groups is 1. The van der Waals surface area contributed by atoms with E-state index in [-0.39, 0.29) is 18.4 Å². The van der Waals surface area contributed by atoms with Gasteiger partial charge in [0.25, 0.3) is 5.60 Å². The van der Waals surface area contributed by atoms with E-state index in [0.29, 0.717) is 6.42 Å². The molecule has 3 rings (SSSR count). The van der Waals surface area contributed by atoms with Crippen LogP contribution in [0.4, 0.5) is 0 Å². The van der Waals surface area contributed by atoms with E-state index >= 15 is 0 Å². The van der Waals surface area contributed by atoms with Crippen molar-refractivity contribution in [2.45, 2.75) is 64.3 Å². The predicted octanol–water partition coefficient (Wildman–Crippen LogP) is 6.01. The SMILES string of the molecule is CCC1=NOC(C(=O)O)(C(OCc2ccc(C(C)(C)C)cc2)c2ccc(Br)cc2)C1. The molecule has 0 aromatic heterocycles. The molecule has 0 radical (unpaired) electrons. The summed E-state index contributed by atoms with van der Waals surface area (Å²) in [7, 11) is 0. The minimum Gasteiger partial charge on any atom is -0.478 e. The van der Waals surface area contributed by atoms with Crippen LogP contribution >= 0.6 is 15.9 Å². The highest BCUT2D eigenvalue weighted by Crippen LogP contribution is 2.41. The third-order valence-corrected chi connectivity index (χ3v) is 5.94. The molecule has 1 aliphatic heterocycles. The molecule has 2 atom stereocenters. The van der Waals surface area contributed by atoms with Gasteiger partial charge in [-0.15, -0.1) is 0 Å². The molecule has 2 aromatic rings. The molecule has 0 aliphatic carbocycles. The van der Waals surface area contributed by atoms with Gasteiger partial charge in [0.15, 0.2) is 0 Å². The molecule has 1 heterocycles. The van der Waals surface area contributed by atoms with Crippen molar-refractivity contribution in [3.63, 3.8) is 0 Å². The second-order valence-electron chi connectivity index (χ2n) is 8.66. The summed E-state index contributed by atoms with van der Waals surface area (Å²) < 4.78 is 7.13. The van der Waals surface area contributed by atoms with Crippen LogP contribution in [0.1, 0.15) is 63.3 Å². The largest absolute Gasteiger partial charge is 0.478 e. The summed E-state index contributed by atoms with van der Waals surface area (Å²) in [4.78, 5) is 17.9. The third kappa shape index (κ3) is 4.76. The summed E-state index contributed by atoms with van der Waals surface area (Å²) in [5, 5.41) is 14.1. The van der Waals surface area contributed by atoms with Gasteiger partial charge in [-0.2, -0.15) is 0 Å². The molecule has 2 aromatic carbocycles. The van der Waals surface area contributed by atoms with Crippen molar-refractivity contribution < 1.29 is 19.5 Å². The molecule has 1 N–H and O–H groups in total. The van der Waals surface area contributed by atoms with Crippen molar-refractivity contribution >= 4 is 27.6 Å². The van der Waals surface area contributed by atoms with Gasteiger partial charge in [-0.25, -0.2) is 4.79 Å². The normalized spacial score (nSPS) is 19.8. The topological polar surface area (TPSA) is 68.1 Å². The van der Waals surface area contributed by atoms with Crippen LogP contribution in [0.3, 0.4) is 0 Å². The zero-order valence-electron chi connectivity index (χ0n) is 17.8. The monoisotopic (exact) mass is 473 g/mol. The molecule has 0 saturated heterocycles. The fraction of sp³-hybridized carbons (Fsp3) is 0.417. The first-order valence-corrected chi connectivity index (χ1v) is 10.9. The van der Waals surface area contributed by atoms with Crippen molar-refractivity contribution in [3.05, 3.63) is 69.7 Å². The molecule has 0 fully saturated rings. The van der Waals surface area contributed by atoms with Crippen LogP contribution in [-0.2, 0) is 26.4 Å². The maximum absolute atomic E-state index is 12.3. The molecule has 2 unspecified atom stereocenters. The van der Waals surface area contributed by atoms with E-state index in [1.54, 1.807) is 0 Å². The first kappa shape index (κ1) is 22.5. The van der Waals surface area contributed by atoms with Crippen LogP contribution < -0.4 is 0 Å². The Kier molecular flexibility index (Phi) is 6.68. The second kappa shape index (κ2) is 8.90. The van der Waals surface area contributed by atoms with E-state index < -0.39 is 17.7 Å². The third-order valence-electron chi connectivity index (χ3n) is 5.41.